The van der Waals surface area contributed by atoms with Crippen molar-refractivity contribution in [2.45, 2.75) is 13.0 Å². The molecular formula is C18H18N4. The number of fused-ring (bicyclic) bond motifs is 1. The normalized spacial score (nSPS) is 12.5. The fourth-order valence-electron chi connectivity index (χ4n) is 2.46. The van der Waals surface area contributed by atoms with E-state index in [4.69, 9.17) is 5.26 Å². The standard InChI is InChI=1S/C18H18N4/c1-12(22(2)3)14-5-4-6-15(10-14)18-20-16-8-7-13(11-19)9-17(16)21-18/h4-10,12H,1-3H3,(H,20,21)/t12-/m1/s1. The molecular weight excluding hydrogens is 272 g/mol. The Kier molecular flexibility index (Phi) is 3.66. The summed E-state index contributed by atoms with van der Waals surface area (Å²) in [6.45, 7) is 2.18. The van der Waals surface area contributed by atoms with Crippen LogP contribution in [0.15, 0.2) is 42.5 Å². The first-order valence-corrected chi connectivity index (χ1v) is 7.25. The molecule has 4 heteroatoms. The lowest BCUT2D eigenvalue weighted by Gasteiger charge is -2.20. The summed E-state index contributed by atoms with van der Waals surface area (Å²) in [4.78, 5) is 10.1. The van der Waals surface area contributed by atoms with Crippen molar-refractivity contribution in [2.24, 2.45) is 0 Å². The highest BCUT2D eigenvalue weighted by Crippen LogP contribution is 2.25. The first kappa shape index (κ1) is 14.3. The molecule has 2 aromatic carbocycles. The van der Waals surface area contributed by atoms with Crippen molar-refractivity contribution in [2.75, 3.05) is 14.1 Å². The molecule has 0 aliphatic heterocycles. The zero-order chi connectivity index (χ0) is 15.7. The van der Waals surface area contributed by atoms with Crippen LogP contribution in [-0.2, 0) is 0 Å². The molecule has 3 aromatic rings. The minimum Gasteiger partial charge on any atom is -0.338 e. The summed E-state index contributed by atoms with van der Waals surface area (Å²) in [6.07, 6.45) is 0. The lowest BCUT2D eigenvalue weighted by atomic mass is 10.0. The van der Waals surface area contributed by atoms with Gasteiger partial charge >= 0.3 is 0 Å². The molecule has 0 amide bonds. The fraction of sp³-hybridized carbons (Fsp3) is 0.222. The summed E-state index contributed by atoms with van der Waals surface area (Å²) in [5.41, 5.74) is 4.71. The zero-order valence-electron chi connectivity index (χ0n) is 13.0. The summed E-state index contributed by atoms with van der Waals surface area (Å²) in [5, 5.41) is 8.98. The lowest BCUT2D eigenvalue weighted by molar-refractivity contribution is 0.321. The molecule has 1 N–H and O–H groups in total. The molecule has 1 aromatic heterocycles. The highest BCUT2D eigenvalue weighted by molar-refractivity contribution is 5.80. The SMILES string of the molecule is C[C@H](c1cccc(-c2nc3ccc(C#N)cc3[nH]2)c1)N(C)C. The van der Waals surface area contributed by atoms with E-state index in [2.05, 4.69) is 66.2 Å². The van der Waals surface area contributed by atoms with Gasteiger partial charge in [0.05, 0.1) is 22.7 Å². The largest absolute Gasteiger partial charge is 0.338 e. The van der Waals surface area contributed by atoms with Crippen LogP contribution in [0.4, 0.5) is 0 Å². The topological polar surface area (TPSA) is 55.7 Å². The van der Waals surface area contributed by atoms with E-state index in [1.54, 1.807) is 6.07 Å². The van der Waals surface area contributed by atoms with Crippen LogP contribution in [0.5, 0.6) is 0 Å². The first-order chi connectivity index (χ1) is 10.6. The molecule has 0 unspecified atom stereocenters. The van der Waals surface area contributed by atoms with Crippen molar-refractivity contribution >= 4 is 11.0 Å². The number of nitrogens with zero attached hydrogens (tertiary/aromatic N) is 3. The van der Waals surface area contributed by atoms with Crippen LogP contribution in [-0.4, -0.2) is 29.0 Å². The molecule has 0 aliphatic rings. The maximum absolute atomic E-state index is 8.98. The average Bonchev–Trinajstić information content (AvgIpc) is 2.97. The predicted octanol–water partition coefficient (Wildman–Crippen LogP) is 3.72. The molecule has 4 nitrogen and oxygen atoms in total. The van der Waals surface area contributed by atoms with E-state index in [0.29, 0.717) is 11.6 Å². The highest BCUT2D eigenvalue weighted by atomic mass is 15.1. The van der Waals surface area contributed by atoms with E-state index in [1.165, 1.54) is 5.56 Å². The molecule has 0 radical (unpaired) electrons. The molecule has 1 heterocycles. The number of aromatic nitrogens is 2. The van der Waals surface area contributed by atoms with Gasteiger partial charge in [0.1, 0.15) is 5.82 Å². The maximum Gasteiger partial charge on any atom is 0.138 e. The Bertz CT molecular complexity index is 855. The third-order valence-corrected chi connectivity index (χ3v) is 4.03. The van der Waals surface area contributed by atoms with Gasteiger partial charge in [-0.05, 0) is 50.8 Å². The van der Waals surface area contributed by atoms with Crippen LogP contribution in [0.25, 0.3) is 22.4 Å². The molecule has 0 bridgehead atoms. The van der Waals surface area contributed by atoms with E-state index in [0.717, 1.165) is 22.4 Å². The van der Waals surface area contributed by atoms with E-state index in [1.807, 2.05) is 12.1 Å². The first-order valence-electron chi connectivity index (χ1n) is 7.25. The minimum absolute atomic E-state index is 0.342. The molecule has 0 fully saturated rings. The van der Waals surface area contributed by atoms with Crippen LogP contribution in [0.1, 0.15) is 24.1 Å². The van der Waals surface area contributed by atoms with Crippen molar-refractivity contribution in [1.82, 2.24) is 14.9 Å². The number of hydrogen-bond donors (Lipinski definition) is 1. The summed E-state index contributed by atoms with van der Waals surface area (Å²) in [6, 6.07) is 16.4. The van der Waals surface area contributed by atoms with Gasteiger partial charge in [0, 0.05) is 11.6 Å². The van der Waals surface area contributed by atoms with Crippen LogP contribution in [0.3, 0.4) is 0 Å². The zero-order valence-corrected chi connectivity index (χ0v) is 13.0. The van der Waals surface area contributed by atoms with Crippen molar-refractivity contribution in [3.8, 4) is 17.5 Å². The number of rotatable bonds is 3. The Morgan fingerprint density at radius 3 is 2.73 bits per heavy atom. The molecule has 110 valence electrons. The summed E-state index contributed by atoms with van der Waals surface area (Å²) in [7, 11) is 4.14. The number of nitriles is 1. The number of benzene rings is 2. The maximum atomic E-state index is 8.98. The van der Waals surface area contributed by atoms with E-state index in [-0.39, 0.29) is 0 Å². The summed E-state index contributed by atoms with van der Waals surface area (Å²) in [5.74, 6) is 0.831. The van der Waals surface area contributed by atoms with Crippen LogP contribution < -0.4 is 0 Å². The van der Waals surface area contributed by atoms with Crippen molar-refractivity contribution in [1.29, 1.82) is 5.26 Å². The van der Waals surface area contributed by atoms with Crippen molar-refractivity contribution in [3.05, 3.63) is 53.6 Å². The number of imidazole rings is 1. The van der Waals surface area contributed by atoms with Crippen LogP contribution in [0, 0.1) is 11.3 Å². The van der Waals surface area contributed by atoms with Gasteiger partial charge in [0.25, 0.3) is 0 Å². The van der Waals surface area contributed by atoms with E-state index < -0.39 is 0 Å². The Morgan fingerprint density at radius 2 is 2.00 bits per heavy atom. The van der Waals surface area contributed by atoms with E-state index in [9.17, 15) is 0 Å². The van der Waals surface area contributed by atoms with Gasteiger partial charge in [-0.2, -0.15) is 5.26 Å². The second-order valence-corrected chi connectivity index (χ2v) is 5.69. The second-order valence-electron chi connectivity index (χ2n) is 5.69. The number of nitrogens with one attached hydrogen (secondary N) is 1. The van der Waals surface area contributed by atoms with Gasteiger partial charge < -0.3 is 9.88 Å². The van der Waals surface area contributed by atoms with Crippen LogP contribution >= 0.6 is 0 Å². The van der Waals surface area contributed by atoms with Crippen LogP contribution in [0.2, 0.25) is 0 Å². The van der Waals surface area contributed by atoms with Gasteiger partial charge in [-0.3, -0.25) is 0 Å². The third kappa shape index (κ3) is 2.59. The molecule has 22 heavy (non-hydrogen) atoms. The monoisotopic (exact) mass is 290 g/mol. The number of hydrogen-bond acceptors (Lipinski definition) is 3. The number of aromatic amines is 1. The van der Waals surface area contributed by atoms with Crippen molar-refractivity contribution in [3.63, 3.8) is 0 Å². The average molecular weight is 290 g/mol. The summed E-state index contributed by atoms with van der Waals surface area (Å²) >= 11 is 0. The molecule has 1 atom stereocenters. The van der Waals surface area contributed by atoms with Gasteiger partial charge in [-0.15, -0.1) is 0 Å². The second kappa shape index (κ2) is 5.63. The molecule has 3 rings (SSSR count). The Balaban J connectivity index is 2.04. The third-order valence-electron chi connectivity index (χ3n) is 4.03. The predicted molar refractivity (Wildman–Crippen MR) is 88.3 cm³/mol. The molecule has 0 aliphatic carbocycles. The molecule has 0 spiro atoms. The Labute approximate surface area is 130 Å². The van der Waals surface area contributed by atoms with Gasteiger partial charge in [0.2, 0.25) is 0 Å². The fourth-order valence-corrected chi connectivity index (χ4v) is 2.46. The quantitative estimate of drug-likeness (QED) is 0.799. The van der Waals surface area contributed by atoms with E-state index >= 15 is 0 Å². The molecule has 0 saturated heterocycles. The summed E-state index contributed by atoms with van der Waals surface area (Å²) < 4.78 is 0. The minimum atomic E-state index is 0.342. The molecule has 0 saturated carbocycles. The Morgan fingerprint density at radius 1 is 1.18 bits per heavy atom. The van der Waals surface area contributed by atoms with Gasteiger partial charge in [-0.1, -0.05) is 18.2 Å². The van der Waals surface area contributed by atoms with Gasteiger partial charge in [0.15, 0.2) is 0 Å². The van der Waals surface area contributed by atoms with Crippen molar-refractivity contribution < 1.29 is 0 Å². The van der Waals surface area contributed by atoms with Gasteiger partial charge in [-0.25, -0.2) is 4.98 Å². The smallest absolute Gasteiger partial charge is 0.138 e. The Hall–Kier alpha value is -2.64. The highest BCUT2D eigenvalue weighted by Gasteiger charge is 2.11. The lowest BCUT2D eigenvalue weighted by Crippen LogP contribution is -2.16. The number of H-pyrrole nitrogens is 1.